The molecule has 0 unspecified atom stereocenters. The molecule has 0 saturated carbocycles. The molecule has 0 fully saturated rings. The van der Waals surface area contributed by atoms with E-state index < -0.39 is 0 Å². The highest BCUT2D eigenvalue weighted by molar-refractivity contribution is 5.90. The molecule has 0 amide bonds. The summed E-state index contributed by atoms with van der Waals surface area (Å²) in [4.78, 5) is 14.5. The van der Waals surface area contributed by atoms with Crippen molar-refractivity contribution in [1.82, 2.24) is 4.98 Å². The molecule has 16 heavy (non-hydrogen) atoms. The molecule has 1 heterocycles. The lowest BCUT2D eigenvalue weighted by Crippen LogP contribution is -2.04. The summed E-state index contributed by atoms with van der Waals surface area (Å²) >= 11 is 0. The van der Waals surface area contributed by atoms with E-state index in [1.54, 1.807) is 0 Å². The molecule has 3 heteroatoms. The Morgan fingerprint density at radius 1 is 1.38 bits per heavy atom. The zero-order chi connectivity index (χ0) is 11.7. The lowest BCUT2D eigenvalue weighted by molar-refractivity contribution is -0.139. The molecule has 0 spiro atoms. The predicted molar refractivity (Wildman–Crippen MR) is 63.5 cm³/mol. The van der Waals surface area contributed by atoms with Crippen molar-refractivity contribution in [2.24, 2.45) is 0 Å². The van der Waals surface area contributed by atoms with E-state index >= 15 is 0 Å². The molecule has 2 aromatic rings. The number of fused-ring (bicyclic) bond motifs is 1. The van der Waals surface area contributed by atoms with Crippen LogP contribution in [0.25, 0.3) is 10.9 Å². The molecule has 2 rings (SSSR count). The van der Waals surface area contributed by atoms with Crippen LogP contribution in [-0.4, -0.2) is 18.1 Å². The second kappa shape index (κ2) is 4.00. The lowest BCUT2D eigenvalue weighted by Gasteiger charge is -2.02. The number of hydrogen-bond donors (Lipinski definition) is 1. The summed E-state index contributed by atoms with van der Waals surface area (Å²) in [5, 5.41) is 1.14. The molecule has 0 saturated heterocycles. The molecule has 0 bridgehead atoms. The number of methoxy groups -OCH3 is 1. The van der Waals surface area contributed by atoms with Crippen molar-refractivity contribution in [2.75, 3.05) is 7.11 Å². The van der Waals surface area contributed by atoms with Gasteiger partial charge in [0, 0.05) is 17.1 Å². The topological polar surface area (TPSA) is 42.1 Å². The maximum absolute atomic E-state index is 11.3. The van der Waals surface area contributed by atoms with Gasteiger partial charge in [0.2, 0.25) is 0 Å². The fraction of sp³-hybridized carbons (Fsp3) is 0.308. The summed E-state index contributed by atoms with van der Waals surface area (Å²) in [6, 6.07) is 4.21. The quantitative estimate of drug-likeness (QED) is 0.785. The fourth-order valence-electron chi connectivity index (χ4n) is 2.11. The van der Waals surface area contributed by atoms with E-state index in [1.807, 2.05) is 6.20 Å². The Bertz CT molecular complexity index is 540. The standard InChI is InChI=1S/C13H15NO2/c1-8-4-9(2)13-10(6-12(15)16-3)7-14-11(13)5-8/h4-5,7,14H,6H2,1-3H3. The SMILES string of the molecule is COC(=O)Cc1c[nH]c2cc(C)cc(C)c12. The van der Waals surface area contributed by atoms with Gasteiger partial charge in [0.15, 0.2) is 0 Å². The highest BCUT2D eigenvalue weighted by atomic mass is 16.5. The number of H-pyrrole nitrogens is 1. The van der Waals surface area contributed by atoms with Crippen LogP contribution in [0.3, 0.4) is 0 Å². The highest BCUT2D eigenvalue weighted by Gasteiger charge is 2.10. The van der Waals surface area contributed by atoms with Gasteiger partial charge in [0.05, 0.1) is 13.5 Å². The van der Waals surface area contributed by atoms with Gasteiger partial charge in [0.25, 0.3) is 0 Å². The normalized spacial score (nSPS) is 10.7. The number of aryl methyl sites for hydroxylation is 2. The van der Waals surface area contributed by atoms with E-state index in [9.17, 15) is 4.79 Å². The maximum Gasteiger partial charge on any atom is 0.310 e. The van der Waals surface area contributed by atoms with Gasteiger partial charge in [-0.2, -0.15) is 0 Å². The van der Waals surface area contributed by atoms with E-state index in [4.69, 9.17) is 0 Å². The van der Waals surface area contributed by atoms with Gasteiger partial charge >= 0.3 is 5.97 Å². The van der Waals surface area contributed by atoms with E-state index in [0.717, 1.165) is 16.5 Å². The average molecular weight is 217 g/mol. The van der Waals surface area contributed by atoms with E-state index in [-0.39, 0.29) is 5.97 Å². The van der Waals surface area contributed by atoms with Gasteiger partial charge in [-0.1, -0.05) is 6.07 Å². The van der Waals surface area contributed by atoms with Gasteiger partial charge in [-0.25, -0.2) is 0 Å². The van der Waals surface area contributed by atoms with Crippen molar-refractivity contribution < 1.29 is 9.53 Å². The minimum Gasteiger partial charge on any atom is -0.469 e. The van der Waals surface area contributed by atoms with Gasteiger partial charge in [0.1, 0.15) is 0 Å². The Labute approximate surface area is 94.4 Å². The van der Waals surface area contributed by atoms with Gasteiger partial charge in [-0.15, -0.1) is 0 Å². The third-order valence-corrected chi connectivity index (χ3v) is 2.77. The van der Waals surface area contributed by atoms with E-state index in [2.05, 4.69) is 35.7 Å². The minimum atomic E-state index is -0.208. The molecule has 3 nitrogen and oxygen atoms in total. The lowest BCUT2D eigenvalue weighted by atomic mass is 10.0. The number of aromatic nitrogens is 1. The fourth-order valence-corrected chi connectivity index (χ4v) is 2.11. The van der Waals surface area contributed by atoms with Crippen LogP contribution in [-0.2, 0) is 16.0 Å². The maximum atomic E-state index is 11.3. The Kier molecular flexibility index (Phi) is 2.69. The second-order valence-electron chi connectivity index (χ2n) is 4.07. The first-order chi connectivity index (χ1) is 7.61. The molecule has 1 aromatic carbocycles. The summed E-state index contributed by atoms with van der Waals surface area (Å²) < 4.78 is 4.68. The van der Waals surface area contributed by atoms with E-state index in [1.165, 1.54) is 18.2 Å². The Morgan fingerprint density at radius 3 is 2.81 bits per heavy atom. The first-order valence-corrected chi connectivity index (χ1v) is 5.26. The molecular weight excluding hydrogens is 202 g/mol. The highest BCUT2D eigenvalue weighted by Crippen LogP contribution is 2.24. The van der Waals surface area contributed by atoms with Crippen molar-refractivity contribution in [1.29, 1.82) is 0 Å². The van der Waals surface area contributed by atoms with Crippen LogP contribution < -0.4 is 0 Å². The summed E-state index contributed by atoms with van der Waals surface area (Å²) in [5.74, 6) is -0.208. The molecule has 0 atom stereocenters. The van der Waals surface area contributed by atoms with Crippen LogP contribution in [0, 0.1) is 13.8 Å². The molecule has 84 valence electrons. The van der Waals surface area contributed by atoms with Gasteiger partial charge in [-0.3, -0.25) is 4.79 Å². The molecule has 0 aliphatic rings. The third kappa shape index (κ3) is 1.81. The van der Waals surface area contributed by atoms with Crippen LogP contribution in [0.4, 0.5) is 0 Å². The number of esters is 1. The monoisotopic (exact) mass is 217 g/mol. The minimum absolute atomic E-state index is 0.208. The Morgan fingerprint density at radius 2 is 2.12 bits per heavy atom. The second-order valence-corrected chi connectivity index (χ2v) is 4.07. The van der Waals surface area contributed by atoms with Crippen LogP contribution in [0.5, 0.6) is 0 Å². The zero-order valence-electron chi connectivity index (χ0n) is 9.76. The number of nitrogens with one attached hydrogen (secondary N) is 1. The van der Waals surface area contributed by atoms with Gasteiger partial charge in [-0.05, 0) is 36.6 Å². The number of carbonyl (C=O) groups is 1. The number of benzene rings is 1. The van der Waals surface area contributed by atoms with Crippen LogP contribution >= 0.6 is 0 Å². The summed E-state index contributed by atoms with van der Waals surface area (Å²) in [7, 11) is 1.41. The van der Waals surface area contributed by atoms with Crippen LogP contribution in [0.2, 0.25) is 0 Å². The zero-order valence-corrected chi connectivity index (χ0v) is 9.76. The molecule has 1 aromatic heterocycles. The number of ether oxygens (including phenoxy) is 1. The van der Waals surface area contributed by atoms with Crippen molar-refractivity contribution in [3.8, 4) is 0 Å². The molecule has 0 aliphatic carbocycles. The predicted octanol–water partition coefficient (Wildman–Crippen LogP) is 2.50. The largest absolute Gasteiger partial charge is 0.469 e. The van der Waals surface area contributed by atoms with Crippen molar-refractivity contribution >= 4 is 16.9 Å². The molecule has 1 N–H and O–H groups in total. The first kappa shape index (κ1) is 10.7. The van der Waals surface area contributed by atoms with Crippen LogP contribution in [0.1, 0.15) is 16.7 Å². The van der Waals surface area contributed by atoms with Crippen molar-refractivity contribution in [3.05, 3.63) is 35.0 Å². The average Bonchev–Trinajstić information content (AvgIpc) is 2.61. The van der Waals surface area contributed by atoms with Gasteiger partial charge < -0.3 is 9.72 Å². The summed E-state index contributed by atoms with van der Waals surface area (Å²) in [5.41, 5.74) is 4.49. The molecule has 0 aliphatic heterocycles. The third-order valence-electron chi connectivity index (χ3n) is 2.77. The number of carbonyl (C=O) groups excluding carboxylic acids is 1. The summed E-state index contributed by atoms with van der Waals surface area (Å²) in [6.45, 7) is 4.12. The Balaban J connectivity index is 2.52. The number of rotatable bonds is 2. The molecular formula is C13H15NO2. The first-order valence-electron chi connectivity index (χ1n) is 5.26. The number of hydrogen-bond acceptors (Lipinski definition) is 2. The van der Waals surface area contributed by atoms with E-state index in [0.29, 0.717) is 6.42 Å². The summed E-state index contributed by atoms with van der Waals surface area (Å²) in [6.07, 6.45) is 2.20. The Hall–Kier alpha value is -1.77. The number of aromatic amines is 1. The molecule has 0 radical (unpaired) electrons. The van der Waals surface area contributed by atoms with Crippen LogP contribution in [0.15, 0.2) is 18.3 Å². The van der Waals surface area contributed by atoms with Crippen molar-refractivity contribution in [3.63, 3.8) is 0 Å². The smallest absolute Gasteiger partial charge is 0.310 e. The van der Waals surface area contributed by atoms with Crippen molar-refractivity contribution in [2.45, 2.75) is 20.3 Å².